The molecule has 3 amide bonds. The monoisotopic (exact) mass is 1680 g/mol. The Bertz CT molecular complexity index is 3720. The molecule has 2 aliphatic rings. The third-order valence-corrected chi connectivity index (χ3v) is 17.7. The summed E-state index contributed by atoms with van der Waals surface area (Å²) in [4.78, 5) is 72.4. The molecule has 6 aromatic rings. The number of nitrogens with two attached hydrogens (primary N) is 3. The summed E-state index contributed by atoms with van der Waals surface area (Å²) in [6.07, 6.45) is 5.51. The molecule has 29 heteroatoms. The zero-order chi connectivity index (χ0) is 76.0. The summed E-state index contributed by atoms with van der Waals surface area (Å²) in [7, 11) is 0. The number of benzene rings is 4. The van der Waals surface area contributed by atoms with Gasteiger partial charge in [-0.15, -0.1) is 0 Å². The molecule has 0 aliphatic heterocycles. The van der Waals surface area contributed by atoms with Gasteiger partial charge in [-0.25, -0.2) is 14.2 Å². The number of nitrogens with zero attached hydrogens (tertiary/aromatic N) is 4. The highest BCUT2D eigenvalue weighted by molar-refractivity contribution is 14.1. The average Bonchev–Trinajstić information content (AvgIpc) is 1.63. The molecule has 27 nitrogen and oxygen atoms in total. The number of halogens is 2. The smallest absolute Gasteiger partial charge is 0.335 e. The van der Waals surface area contributed by atoms with Gasteiger partial charge >= 0.3 is 5.97 Å². The fraction of sp³-hybridized carbons (Fsp3) is 0.526. The van der Waals surface area contributed by atoms with E-state index < -0.39 is 17.8 Å². The number of ether oxygens (including phenoxy) is 10. The van der Waals surface area contributed by atoms with Gasteiger partial charge in [-0.3, -0.25) is 24.0 Å². The largest absolute Gasteiger partial charge is 0.478 e. The second-order valence-corrected chi connectivity index (χ2v) is 29.0. The van der Waals surface area contributed by atoms with Crippen molar-refractivity contribution in [1.29, 1.82) is 0 Å². The quantitative estimate of drug-likeness (QED) is 0.0138. The van der Waals surface area contributed by atoms with E-state index >= 15 is 0 Å². The number of carboxylic acids is 1. The van der Waals surface area contributed by atoms with Crippen molar-refractivity contribution in [3.63, 3.8) is 0 Å². The van der Waals surface area contributed by atoms with Gasteiger partial charge in [0.15, 0.2) is 11.6 Å². The van der Waals surface area contributed by atoms with Crippen molar-refractivity contribution in [2.45, 2.75) is 92.9 Å². The number of aryl methyl sites for hydroxylation is 2. The Hall–Kier alpha value is -6.86. The van der Waals surface area contributed by atoms with E-state index in [9.17, 15) is 28.8 Å². The van der Waals surface area contributed by atoms with Crippen LogP contribution in [0.3, 0.4) is 0 Å². The molecule has 10 N–H and O–H groups in total. The van der Waals surface area contributed by atoms with Gasteiger partial charge in [-0.05, 0) is 188 Å². The number of fused-ring (bicyclic) bond motifs is 2. The highest BCUT2D eigenvalue weighted by Crippen LogP contribution is 2.39. The Balaban J connectivity index is 0.000000294. The van der Waals surface area contributed by atoms with E-state index in [1.54, 1.807) is 36.4 Å². The number of carbonyl (C=O) groups is 6. The lowest BCUT2D eigenvalue weighted by Gasteiger charge is -2.29. The number of anilines is 2. The van der Waals surface area contributed by atoms with Crippen molar-refractivity contribution >= 4 is 91.8 Å². The van der Waals surface area contributed by atoms with Crippen LogP contribution in [0.5, 0.6) is 0 Å². The van der Waals surface area contributed by atoms with Crippen LogP contribution in [0.25, 0.3) is 11.4 Å². The van der Waals surface area contributed by atoms with E-state index in [-0.39, 0.29) is 28.3 Å². The first-order valence-electron chi connectivity index (χ1n) is 35.6. The summed E-state index contributed by atoms with van der Waals surface area (Å²) in [6.45, 7) is 24.6. The second-order valence-electron chi connectivity index (χ2n) is 26.5. The van der Waals surface area contributed by atoms with E-state index in [1.807, 2.05) is 71.7 Å². The first-order valence-corrected chi connectivity index (χ1v) is 37.7. The molecule has 2 aromatic heterocycles. The molecule has 0 radical (unpaired) electrons. The van der Waals surface area contributed by atoms with Gasteiger partial charge in [0.2, 0.25) is 0 Å². The maximum atomic E-state index is 12.9. The predicted octanol–water partition coefficient (Wildman–Crippen LogP) is 9.40. The highest BCUT2D eigenvalue weighted by atomic mass is 127. The molecule has 2 aliphatic carbocycles. The third kappa shape index (κ3) is 31.1. The van der Waals surface area contributed by atoms with E-state index in [4.69, 9.17) is 69.7 Å². The Labute approximate surface area is 643 Å². The van der Waals surface area contributed by atoms with Gasteiger partial charge in [0, 0.05) is 83.0 Å². The summed E-state index contributed by atoms with van der Waals surface area (Å²) < 4.78 is 60.9. The maximum Gasteiger partial charge on any atom is 0.335 e. The number of amides is 3. The molecule has 105 heavy (non-hydrogen) atoms. The van der Waals surface area contributed by atoms with Crippen LogP contribution in [0.2, 0.25) is 0 Å². The maximum absolute atomic E-state index is 12.9. The van der Waals surface area contributed by atoms with E-state index in [1.165, 1.54) is 0 Å². The summed E-state index contributed by atoms with van der Waals surface area (Å²) >= 11 is 4.26. The fourth-order valence-electron chi connectivity index (χ4n) is 11.4. The summed E-state index contributed by atoms with van der Waals surface area (Å²) in [5, 5.41) is 27.4. The number of hydrogen-bond acceptors (Lipinski definition) is 21. The first kappa shape index (κ1) is 87.1. The molecule has 0 fully saturated rings. The van der Waals surface area contributed by atoms with Crippen LogP contribution >= 0.6 is 45.2 Å². The highest BCUT2D eigenvalue weighted by Gasteiger charge is 2.37. The molecule has 0 atom stereocenters. The Morgan fingerprint density at radius 2 is 0.800 bits per heavy atom. The summed E-state index contributed by atoms with van der Waals surface area (Å²) in [5.74, 6) is -1.75. The number of primary amides is 2. The summed E-state index contributed by atoms with van der Waals surface area (Å²) in [5.41, 5.74) is 25.6. The van der Waals surface area contributed by atoms with Crippen molar-refractivity contribution in [2.24, 2.45) is 28.0 Å². The van der Waals surface area contributed by atoms with Crippen LogP contribution in [0, 0.1) is 31.8 Å². The standard InChI is InChI=1S/C38H52IN5O8.C31H49N5O7.C7H5IO2/c1-27-35-33(25-38(2,3)26-34(35)45)44(43-27)30-9-10-31(36(40)46)32(24-30)41-11-5-13-48-15-17-50-19-21-52-22-20-51-18-16-49-14-6-12-42-37(47)28-7-4-8-29(39)23-28;1-23-29-27(21-31(2,3)22-28(29)37)36(35-23)24-6-7-25(30(33)38)26(20-24)34-9-5-11-40-13-15-42-17-19-43-18-16-41-14-12-39-10-4-8-32;8-6-3-1-2-5(4-6)7(9)10/h4,7-10,23-24,41H,5-6,11-22,25-26H2,1-3H3,(H2,40,46)(H,42,47);6-7,20,34H,4-5,8-19,21-22,32H2,1-3H3,(H2,33,38);1-4H,(H,9,10). The number of Topliss-reactive ketones (excluding diaryl/α,β-unsaturated/α-hetero) is 2. The van der Waals surface area contributed by atoms with Gasteiger partial charge in [-0.2, -0.15) is 10.2 Å². The molecule has 2 heterocycles. The lowest BCUT2D eigenvalue weighted by Crippen LogP contribution is -2.28. The van der Waals surface area contributed by atoms with Gasteiger partial charge in [0.1, 0.15) is 0 Å². The zero-order valence-corrected chi connectivity index (χ0v) is 65.8. The topological polar surface area (TPSA) is 365 Å². The number of rotatable bonds is 47. The number of nitrogens with one attached hydrogen (secondary N) is 3. The van der Waals surface area contributed by atoms with E-state index in [0.717, 1.165) is 67.7 Å². The second kappa shape index (κ2) is 47.1. The minimum atomic E-state index is -0.876. The Kier molecular flexibility index (Phi) is 39.0. The molecule has 0 bridgehead atoms. The zero-order valence-electron chi connectivity index (χ0n) is 61.5. The molecule has 8 rings (SSSR count). The van der Waals surface area contributed by atoms with Crippen molar-refractivity contribution in [3.8, 4) is 11.4 Å². The number of ketones is 2. The fourth-order valence-corrected chi connectivity index (χ4v) is 12.5. The minimum Gasteiger partial charge on any atom is -0.478 e. The lowest BCUT2D eigenvalue weighted by atomic mass is 9.75. The van der Waals surface area contributed by atoms with Crippen LogP contribution in [-0.4, -0.2) is 218 Å². The van der Waals surface area contributed by atoms with Crippen LogP contribution in [-0.2, 0) is 60.2 Å². The predicted molar refractivity (Wildman–Crippen MR) is 417 cm³/mol. The van der Waals surface area contributed by atoms with Gasteiger partial charge < -0.3 is 85.6 Å². The third-order valence-electron chi connectivity index (χ3n) is 16.4. The van der Waals surface area contributed by atoms with Crippen molar-refractivity contribution in [3.05, 3.63) is 148 Å². The van der Waals surface area contributed by atoms with Crippen LogP contribution in [0.4, 0.5) is 11.4 Å². The van der Waals surface area contributed by atoms with Crippen molar-refractivity contribution in [1.82, 2.24) is 24.9 Å². The average molecular weight is 1690 g/mol. The number of aromatic carboxylic acids is 1. The van der Waals surface area contributed by atoms with Gasteiger partial charge in [0.25, 0.3) is 17.7 Å². The van der Waals surface area contributed by atoms with E-state index in [2.05, 4.69) is 99.0 Å². The van der Waals surface area contributed by atoms with Gasteiger partial charge in [0.05, 0.1) is 168 Å². The summed E-state index contributed by atoms with van der Waals surface area (Å²) in [6, 6.07) is 25.0. The first-order chi connectivity index (χ1) is 50.5. The van der Waals surface area contributed by atoms with Gasteiger partial charge in [-0.1, -0.05) is 39.8 Å². The van der Waals surface area contributed by atoms with Crippen LogP contribution in [0.1, 0.15) is 151 Å². The SMILES string of the molecule is Cc1nn(-c2ccc(C(N)=O)c(NCCCOCCOCCOCCOCCOCCCN)c2)c2c1C(=O)CC(C)(C)C2.Cc1nn(-c2ccc(C(N)=O)c(NCCCOCCOCCOCCOCCOCCCNC(=O)c3cccc(I)c3)c2)c2c1C(=O)CC(C)(C)C2.O=C(O)c1cccc(I)c1. The molecular weight excluding hydrogens is 1580 g/mol. The molecule has 576 valence electrons. The molecular formula is C76H106I2N10O17. The van der Waals surface area contributed by atoms with Crippen molar-refractivity contribution in [2.75, 3.05) is 169 Å². The van der Waals surface area contributed by atoms with Crippen LogP contribution in [0.15, 0.2) is 84.9 Å². The molecule has 4 aromatic carbocycles. The van der Waals surface area contributed by atoms with Crippen molar-refractivity contribution < 1.29 is 81.2 Å². The molecule has 0 saturated heterocycles. The number of aromatic nitrogens is 4. The van der Waals surface area contributed by atoms with E-state index in [0.29, 0.717) is 228 Å². The number of carboxylic acid groups (broad SMARTS) is 1. The normalized spacial score (nSPS) is 13.4. The number of carbonyl (C=O) groups excluding carboxylic acids is 5. The molecule has 0 unspecified atom stereocenters. The Morgan fingerprint density at radius 1 is 0.467 bits per heavy atom. The molecule has 0 spiro atoms. The lowest BCUT2D eigenvalue weighted by molar-refractivity contribution is -0.0111. The molecule has 0 saturated carbocycles. The minimum absolute atomic E-state index is 0.0757. The number of hydrogen-bond donors (Lipinski definition) is 7. The Morgan fingerprint density at radius 3 is 1.13 bits per heavy atom. The van der Waals surface area contributed by atoms with Crippen LogP contribution < -0.4 is 33.2 Å².